The Morgan fingerprint density at radius 3 is 2.75 bits per heavy atom. The zero-order valence-corrected chi connectivity index (χ0v) is 12.3. The van der Waals surface area contributed by atoms with Crippen molar-refractivity contribution in [1.82, 2.24) is 15.2 Å². The highest BCUT2D eigenvalue weighted by Gasteiger charge is 2.31. The van der Waals surface area contributed by atoms with Crippen molar-refractivity contribution in [2.24, 2.45) is 5.92 Å². The Morgan fingerprint density at radius 1 is 1.35 bits per heavy atom. The molecule has 0 aromatic carbocycles. The third-order valence-electron chi connectivity index (χ3n) is 4.58. The molecule has 0 aliphatic heterocycles. The minimum atomic E-state index is 0.145. The van der Waals surface area contributed by atoms with Gasteiger partial charge in [0.15, 0.2) is 0 Å². The van der Waals surface area contributed by atoms with E-state index in [1.54, 1.807) is 0 Å². The molecule has 2 fully saturated rings. The lowest BCUT2D eigenvalue weighted by atomic mass is 10.1. The third kappa shape index (κ3) is 3.23. The van der Waals surface area contributed by atoms with E-state index in [9.17, 15) is 4.79 Å². The van der Waals surface area contributed by atoms with Gasteiger partial charge in [-0.25, -0.2) is 0 Å². The maximum Gasteiger partial charge on any atom is 0.240 e. The zero-order valence-electron chi connectivity index (χ0n) is 12.3. The summed E-state index contributed by atoms with van der Waals surface area (Å²) in [6.07, 6.45) is 11.6. The predicted molar refractivity (Wildman–Crippen MR) is 79.4 cm³/mol. The van der Waals surface area contributed by atoms with Crippen molar-refractivity contribution in [3.05, 3.63) is 24.0 Å². The van der Waals surface area contributed by atoms with E-state index < -0.39 is 0 Å². The number of carbonyl (C=O) groups is 1. The Morgan fingerprint density at radius 2 is 2.10 bits per heavy atom. The molecule has 2 saturated carbocycles. The Bertz CT molecular complexity index is 458. The number of rotatable bonds is 6. The number of carbonyl (C=O) groups excluding carboxylic acids is 1. The van der Waals surface area contributed by atoms with E-state index in [2.05, 4.69) is 22.9 Å². The summed E-state index contributed by atoms with van der Waals surface area (Å²) in [7, 11) is 2.02. The van der Waals surface area contributed by atoms with Crippen molar-refractivity contribution in [3.8, 4) is 0 Å². The second-order valence-corrected chi connectivity index (χ2v) is 6.27. The molecule has 110 valence electrons. The Hall–Kier alpha value is -1.29. The van der Waals surface area contributed by atoms with Gasteiger partial charge in [0, 0.05) is 24.5 Å². The fourth-order valence-corrected chi connectivity index (χ4v) is 3.36. The molecular formula is C16H25N3O. The van der Waals surface area contributed by atoms with Gasteiger partial charge in [-0.2, -0.15) is 0 Å². The molecule has 0 radical (unpaired) electrons. The van der Waals surface area contributed by atoms with Crippen molar-refractivity contribution in [3.63, 3.8) is 0 Å². The normalized spacial score (nSPS) is 21.1. The zero-order chi connectivity index (χ0) is 13.9. The molecule has 4 heteroatoms. The summed E-state index contributed by atoms with van der Waals surface area (Å²) >= 11 is 0. The number of nitrogens with zero attached hydrogens (tertiary/aromatic N) is 1. The average Bonchev–Trinajstić information content (AvgIpc) is 2.94. The van der Waals surface area contributed by atoms with E-state index in [1.165, 1.54) is 31.2 Å². The van der Waals surface area contributed by atoms with Gasteiger partial charge in [-0.3, -0.25) is 4.79 Å². The van der Waals surface area contributed by atoms with Crippen molar-refractivity contribution in [2.45, 2.75) is 57.2 Å². The second-order valence-electron chi connectivity index (χ2n) is 6.27. The highest BCUT2D eigenvalue weighted by molar-refractivity contribution is 5.76. The largest absolute Gasteiger partial charge is 0.352 e. The highest BCUT2D eigenvalue weighted by atomic mass is 16.2. The topological polar surface area (TPSA) is 46.1 Å². The van der Waals surface area contributed by atoms with Gasteiger partial charge in [0.2, 0.25) is 5.91 Å². The fourth-order valence-electron chi connectivity index (χ4n) is 3.36. The molecule has 3 rings (SSSR count). The Kier molecular flexibility index (Phi) is 4.10. The molecule has 0 spiro atoms. The van der Waals surface area contributed by atoms with Gasteiger partial charge in [0.25, 0.3) is 0 Å². The van der Waals surface area contributed by atoms with Gasteiger partial charge in [0.05, 0.1) is 0 Å². The molecule has 1 aromatic rings. The van der Waals surface area contributed by atoms with Crippen LogP contribution in [0.1, 0.15) is 50.1 Å². The monoisotopic (exact) mass is 275 g/mol. The Labute approximate surface area is 120 Å². The van der Waals surface area contributed by atoms with E-state index in [-0.39, 0.29) is 5.91 Å². The van der Waals surface area contributed by atoms with E-state index in [0.717, 1.165) is 18.8 Å². The molecule has 1 atom stereocenters. The highest BCUT2D eigenvalue weighted by Crippen LogP contribution is 2.40. The lowest BCUT2D eigenvalue weighted by molar-refractivity contribution is -0.122. The summed E-state index contributed by atoms with van der Waals surface area (Å²) < 4.78 is 2.01. The van der Waals surface area contributed by atoms with E-state index >= 15 is 0 Å². The first-order valence-corrected chi connectivity index (χ1v) is 7.88. The van der Waals surface area contributed by atoms with Crippen molar-refractivity contribution in [2.75, 3.05) is 7.05 Å². The average molecular weight is 275 g/mol. The maximum absolute atomic E-state index is 12.0. The van der Waals surface area contributed by atoms with E-state index in [0.29, 0.717) is 18.6 Å². The van der Waals surface area contributed by atoms with Crippen molar-refractivity contribution in [1.29, 1.82) is 0 Å². The third-order valence-corrected chi connectivity index (χ3v) is 4.58. The summed E-state index contributed by atoms with van der Waals surface area (Å²) in [6, 6.07) is 3.01. The summed E-state index contributed by atoms with van der Waals surface area (Å²) in [4.78, 5) is 12.0. The molecule has 1 unspecified atom stereocenters. The van der Waals surface area contributed by atoms with Crippen LogP contribution in [0.4, 0.5) is 0 Å². The maximum atomic E-state index is 12.0. The lowest BCUT2D eigenvalue weighted by Crippen LogP contribution is -2.34. The smallest absolute Gasteiger partial charge is 0.240 e. The first-order chi connectivity index (χ1) is 9.76. The molecular weight excluding hydrogens is 250 g/mol. The molecule has 0 saturated heterocycles. The van der Waals surface area contributed by atoms with E-state index in [4.69, 9.17) is 0 Å². The number of nitrogens with one attached hydrogen (secondary N) is 2. The number of hydrogen-bond acceptors (Lipinski definition) is 2. The van der Waals surface area contributed by atoms with Crippen LogP contribution in [0.3, 0.4) is 0 Å². The quantitative estimate of drug-likeness (QED) is 0.836. The van der Waals surface area contributed by atoms with Crippen LogP contribution in [-0.2, 0) is 11.3 Å². The molecule has 20 heavy (non-hydrogen) atoms. The van der Waals surface area contributed by atoms with Gasteiger partial charge in [-0.05, 0) is 50.3 Å². The first kappa shape index (κ1) is 13.7. The van der Waals surface area contributed by atoms with Crippen LogP contribution < -0.4 is 10.6 Å². The summed E-state index contributed by atoms with van der Waals surface area (Å²) in [5.74, 6) is 0.926. The van der Waals surface area contributed by atoms with Gasteiger partial charge in [0.1, 0.15) is 6.54 Å². The summed E-state index contributed by atoms with van der Waals surface area (Å²) in [5, 5.41) is 6.53. The number of amides is 1. The lowest BCUT2D eigenvalue weighted by Gasteiger charge is -2.14. The molecule has 2 aliphatic carbocycles. The fraction of sp³-hybridized carbons (Fsp3) is 0.688. The van der Waals surface area contributed by atoms with Crippen LogP contribution in [0, 0.1) is 5.92 Å². The van der Waals surface area contributed by atoms with E-state index in [1.807, 2.05) is 17.8 Å². The SMILES string of the molecule is CNC(c1ccn(CC(=O)NC2CCCC2)c1)C1CC1. The molecule has 2 N–H and O–H groups in total. The standard InChI is InChI=1S/C16H25N3O/c1-17-16(12-6-7-12)13-8-9-19(10-13)11-15(20)18-14-4-2-3-5-14/h8-10,12,14,16-17H,2-7,11H2,1H3,(H,18,20). The second kappa shape index (κ2) is 6.00. The van der Waals surface area contributed by atoms with Crippen LogP contribution in [0.25, 0.3) is 0 Å². The van der Waals surface area contributed by atoms with Crippen LogP contribution in [0.5, 0.6) is 0 Å². The molecule has 1 aromatic heterocycles. The number of aromatic nitrogens is 1. The van der Waals surface area contributed by atoms with Crippen LogP contribution in [-0.4, -0.2) is 23.6 Å². The van der Waals surface area contributed by atoms with Crippen LogP contribution in [0.15, 0.2) is 18.5 Å². The van der Waals surface area contributed by atoms with Gasteiger partial charge in [-0.1, -0.05) is 12.8 Å². The van der Waals surface area contributed by atoms with Crippen molar-refractivity contribution >= 4 is 5.91 Å². The minimum Gasteiger partial charge on any atom is -0.352 e. The molecule has 1 heterocycles. The molecule has 0 bridgehead atoms. The number of hydrogen-bond donors (Lipinski definition) is 2. The minimum absolute atomic E-state index is 0.145. The van der Waals surface area contributed by atoms with Gasteiger partial charge in [-0.15, -0.1) is 0 Å². The molecule has 1 amide bonds. The van der Waals surface area contributed by atoms with Gasteiger partial charge < -0.3 is 15.2 Å². The molecule has 2 aliphatic rings. The van der Waals surface area contributed by atoms with Crippen LogP contribution in [0.2, 0.25) is 0 Å². The molecule has 4 nitrogen and oxygen atoms in total. The first-order valence-electron chi connectivity index (χ1n) is 7.88. The van der Waals surface area contributed by atoms with Crippen LogP contribution >= 0.6 is 0 Å². The summed E-state index contributed by atoms with van der Waals surface area (Å²) in [6.45, 7) is 0.442. The summed E-state index contributed by atoms with van der Waals surface area (Å²) in [5.41, 5.74) is 1.31. The van der Waals surface area contributed by atoms with Gasteiger partial charge >= 0.3 is 0 Å². The van der Waals surface area contributed by atoms with Crippen molar-refractivity contribution < 1.29 is 4.79 Å². The predicted octanol–water partition coefficient (Wildman–Crippen LogP) is 2.22. The Balaban J connectivity index is 1.54.